The van der Waals surface area contributed by atoms with E-state index in [9.17, 15) is 23.5 Å². The number of ether oxygens (including phenoxy) is 1. The van der Waals surface area contributed by atoms with E-state index in [4.69, 9.17) is 21.4 Å². The second kappa shape index (κ2) is 14.5. The number of carboxylic acids is 1. The summed E-state index contributed by atoms with van der Waals surface area (Å²) in [5.41, 5.74) is -0.833. The molecule has 1 aliphatic rings. The number of β-amino-alcohol motifs (C(OH)–C–C–N with tert-alkyl or cyclic N) is 1. The lowest BCUT2D eigenvalue weighted by atomic mass is 10.1. The number of unbranched alkanes of at least 4 members (excludes halogenated alkanes) is 2. The number of nitrogens with zero attached hydrogens (tertiary/aromatic N) is 3. The van der Waals surface area contributed by atoms with Crippen LogP contribution in [0.4, 0.5) is 18.6 Å². The summed E-state index contributed by atoms with van der Waals surface area (Å²) < 4.78 is 37.8. The van der Waals surface area contributed by atoms with Crippen LogP contribution < -0.4 is 15.4 Å². The molecule has 0 bridgehead atoms. The highest BCUT2D eigenvalue weighted by Gasteiger charge is 2.27. The average Bonchev–Trinajstić information content (AvgIpc) is 3.23. The Labute approximate surface area is 228 Å². The normalized spacial score (nSPS) is 15.3. The number of aromatic nitrogens is 1. The Kier molecular flexibility index (Phi) is 11.5. The number of aliphatic hydroxyl groups excluding tert-OH is 1. The number of hydrogen-bond donors (Lipinski definition) is 4. The molecule has 38 heavy (non-hydrogen) atoms. The van der Waals surface area contributed by atoms with Gasteiger partial charge in [-0.15, -0.1) is 0 Å². The summed E-state index contributed by atoms with van der Waals surface area (Å²) in [7, 11) is 0. The van der Waals surface area contributed by atoms with Crippen LogP contribution in [0.15, 0.2) is 12.1 Å². The molecule has 3 rings (SSSR count). The number of aromatic carboxylic acids is 1. The highest BCUT2D eigenvalue weighted by molar-refractivity contribution is 7.11. The molecule has 1 aromatic carbocycles. The van der Waals surface area contributed by atoms with Crippen molar-refractivity contribution in [3.05, 3.63) is 39.9 Å². The third-order valence-electron chi connectivity index (χ3n) is 6.16. The fourth-order valence-electron chi connectivity index (χ4n) is 4.16. The van der Waals surface area contributed by atoms with Crippen molar-refractivity contribution in [3.63, 3.8) is 0 Å². The smallest absolute Gasteiger partial charge is 0.344 e. The number of urea groups is 1. The van der Waals surface area contributed by atoms with Crippen LogP contribution in [0.25, 0.3) is 0 Å². The zero-order chi connectivity index (χ0) is 27.7. The van der Waals surface area contributed by atoms with Crippen molar-refractivity contribution in [2.24, 2.45) is 0 Å². The van der Waals surface area contributed by atoms with Crippen LogP contribution in [0.2, 0.25) is 5.02 Å². The van der Waals surface area contributed by atoms with Crippen molar-refractivity contribution < 1.29 is 33.3 Å². The largest absolute Gasteiger partial charge is 0.477 e. The first-order valence-electron chi connectivity index (χ1n) is 12.3. The van der Waals surface area contributed by atoms with Crippen LogP contribution in [-0.4, -0.2) is 88.8 Å². The molecule has 0 aliphatic carbocycles. The summed E-state index contributed by atoms with van der Waals surface area (Å²) in [6.45, 7) is 7.51. The van der Waals surface area contributed by atoms with Gasteiger partial charge in [0, 0.05) is 44.3 Å². The van der Waals surface area contributed by atoms with Gasteiger partial charge in [-0.05, 0) is 50.0 Å². The fraction of sp³-hybridized carbons (Fsp3) is 0.542. The summed E-state index contributed by atoms with van der Waals surface area (Å²) >= 11 is 6.33. The van der Waals surface area contributed by atoms with Crippen LogP contribution in [0.1, 0.15) is 48.2 Å². The van der Waals surface area contributed by atoms with E-state index < -0.39 is 40.9 Å². The Bertz CT molecular complexity index is 1080. The van der Waals surface area contributed by atoms with E-state index in [2.05, 4.69) is 24.8 Å². The van der Waals surface area contributed by atoms with Crippen molar-refractivity contribution in [3.8, 4) is 5.88 Å². The number of hydrogen-bond acceptors (Lipinski definition) is 8. The van der Waals surface area contributed by atoms with Crippen molar-refractivity contribution in [1.82, 2.24) is 19.5 Å². The number of rotatable bonds is 13. The predicted octanol–water partition coefficient (Wildman–Crippen LogP) is 3.81. The maximum Gasteiger partial charge on any atom is 0.344 e. The first kappa shape index (κ1) is 30.0. The number of carbonyl (C=O) groups is 2. The number of piperazine rings is 1. The van der Waals surface area contributed by atoms with E-state index in [0.717, 1.165) is 64.1 Å². The number of aliphatic hydroxyl groups is 1. The molecule has 2 heterocycles. The molecule has 1 unspecified atom stereocenters. The van der Waals surface area contributed by atoms with Gasteiger partial charge in [-0.25, -0.2) is 18.4 Å². The quantitative estimate of drug-likeness (QED) is 0.266. The Morgan fingerprint density at radius 3 is 2.37 bits per heavy atom. The fourth-order valence-corrected chi connectivity index (χ4v) is 5.07. The van der Waals surface area contributed by atoms with E-state index in [1.54, 1.807) is 0 Å². The standard InChI is InChI=1S/C24H32ClF2N5O5S/c1-15(19-17(26)13-16(25)14-18(19)27)37-21-20(23(34)35)22(38-30-21)29-24(36)28-5-3-2-4-6-31-7-9-32(10-8-31)11-12-33/h13-15,33H,2-12H2,1H3,(H,34,35)(H2,28,29,36). The highest BCUT2D eigenvalue weighted by atomic mass is 35.5. The topological polar surface area (TPSA) is 127 Å². The zero-order valence-corrected chi connectivity index (χ0v) is 22.6. The van der Waals surface area contributed by atoms with Gasteiger partial charge in [0.25, 0.3) is 0 Å². The average molecular weight is 576 g/mol. The maximum absolute atomic E-state index is 14.2. The van der Waals surface area contributed by atoms with Crippen LogP contribution in [0.3, 0.4) is 0 Å². The summed E-state index contributed by atoms with van der Waals surface area (Å²) in [4.78, 5) is 28.8. The monoisotopic (exact) mass is 575 g/mol. The van der Waals surface area contributed by atoms with E-state index >= 15 is 0 Å². The molecule has 1 aromatic heterocycles. The summed E-state index contributed by atoms with van der Waals surface area (Å²) in [5.74, 6) is -3.65. The van der Waals surface area contributed by atoms with Gasteiger partial charge >= 0.3 is 12.0 Å². The zero-order valence-electron chi connectivity index (χ0n) is 21.0. The minimum Gasteiger partial charge on any atom is -0.477 e. The van der Waals surface area contributed by atoms with E-state index in [1.807, 2.05) is 0 Å². The minimum absolute atomic E-state index is 0.0606. The maximum atomic E-state index is 14.2. The van der Waals surface area contributed by atoms with Gasteiger partial charge in [-0.1, -0.05) is 18.0 Å². The van der Waals surface area contributed by atoms with Crippen molar-refractivity contribution >= 4 is 40.1 Å². The molecule has 2 aromatic rings. The van der Waals surface area contributed by atoms with Crippen molar-refractivity contribution in [1.29, 1.82) is 0 Å². The lowest BCUT2D eigenvalue weighted by molar-refractivity contribution is 0.0690. The van der Waals surface area contributed by atoms with Crippen LogP contribution in [0, 0.1) is 11.6 Å². The molecule has 14 heteroatoms. The Morgan fingerprint density at radius 1 is 1.13 bits per heavy atom. The Morgan fingerprint density at radius 2 is 1.76 bits per heavy atom. The highest BCUT2D eigenvalue weighted by Crippen LogP contribution is 2.35. The first-order chi connectivity index (χ1) is 18.2. The summed E-state index contributed by atoms with van der Waals surface area (Å²) in [5, 5.41) is 23.6. The van der Waals surface area contributed by atoms with Crippen LogP contribution in [-0.2, 0) is 0 Å². The van der Waals surface area contributed by atoms with Gasteiger partial charge in [0.15, 0.2) is 5.56 Å². The lowest BCUT2D eigenvalue weighted by Gasteiger charge is -2.34. The van der Waals surface area contributed by atoms with E-state index in [1.165, 1.54) is 6.92 Å². The van der Waals surface area contributed by atoms with Gasteiger partial charge in [0.2, 0.25) is 5.88 Å². The molecule has 1 fully saturated rings. The lowest BCUT2D eigenvalue weighted by Crippen LogP contribution is -2.47. The predicted molar refractivity (Wildman–Crippen MR) is 140 cm³/mol. The van der Waals surface area contributed by atoms with E-state index in [0.29, 0.717) is 24.6 Å². The third kappa shape index (κ3) is 8.46. The van der Waals surface area contributed by atoms with Crippen LogP contribution in [0.5, 0.6) is 5.88 Å². The number of amides is 2. The molecule has 0 saturated carbocycles. The second-order valence-electron chi connectivity index (χ2n) is 8.89. The van der Waals surface area contributed by atoms with Gasteiger partial charge < -0.3 is 25.2 Å². The van der Waals surface area contributed by atoms with Gasteiger partial charge in [-0.2, -0.15) is 4.37 Å². The van der Waals surface area contributed by atoms with Gasteiger partial charge in [-0.3, -0.25) is 10.2 Å². The number of anilines is 1. The van der Waals surface area contributed by atoms with Crippen molar-refractivity contribution in [2.45, 2.75) is 32.3 Å². The number of carboxylic acid groups (broad SMARTS) is 1. The molecule has 0 radical (unpaired) electrons. The number of nitrogens with one attached hydrogen (secondary N) is 2. The molecule has 4 N–H and O–H groups in total. The molecular weight excluding hydrogens is 544 g/mol. The molecule has 210 valence electrons. The molecule has 2 amide bonds. The SMILES string of the molecule is CC(Oc1nsc(NC(=O)NCCCCCN2CCN(CCO)CC2)c1C(=O)O)c1c(F)cc(Cl)cc1F. The minimum atomic E-state index is -1.41. The molecule has 1 saturated heterocycles. The van der Waals surface area contributed by atoms with Crippen LogP contribution >= 0.6 is 23.1 Å². The van der Waals surface area contributed by atoms with Crippen molar-refractivity contribution in [2.75, 3.05) is 57.7 Å². The van der Waals surface area contributed by atoms with Gasteiger partial charge in [0.1, 0.15) is 22.7 Å². The second-order valence-corrected chi connectivity index (χ2v) is 10.1. The molecule has 1 aliphatic heterocycles. The third-order valence-corrected chi connectivity index (χ3v) is 7.12. The Balaban J connectivity index is 1.44. The number of carbonyl (C=O) groups excluding carboxylic acids is 1. The number of benzene rings is 1. The van der Waals surface area contributed by atoms with E-state index in [-0.39, 0.29) is 22.5 Å². The summed E-state index contributed by atoms with van der Waals surface area (Å²) in [6, 6.07) is 1.26. The number of halogens is 3. The molecule has 0 spiro atoms. The van der Waals surface area contributed by atoms with Gasteiger partial charge in [0.05, 0.1) is 12.2 Å². The first-order valence-corrected chi connectivity index (χ1v) is 13.5. The Hall–Kier alpha value is -2.58. The summed E-state index contributed by atoms with van der Waals surface area (Å²) in [6.07, 6.45) is 1.47. The molecular formula is C24H32ClF2N5O5S. The molecule has 10 nitrogen and oxygen atoms in total. The molecule has 1 atom stereocenters.